The molecule has 1 heterocycles. The Morgan fingerprint density at radius 2 is 0.967 bits per heavy atom. The molecule has 5 aromatic carbocycles. The predicted octanol–water partition coefficient (Wildman–Crippen LogP) is 8.84. The van der Waals surface area contributed by atoms with Crippen LogP contribution in [0.2, 0.25) is 0 Å². The lowest BCUT2D eigenvalue weighted by Crippen LogP contribution is -1.88. The van der Waals surface area contributed by atoms with E-state index < -0.39 is 0 Å². The molecule has 2 heteroatoms. The number of furan rings is 1. The van der Waals surface area contributed by atoms with Gasteiger partial charge in [0.25, 0.3) is 0 Å². The SMILES string of the molecule is Brc1c2ccccc2c(-c2c(-c3ccccc3)oc3ccccc23)c2ccccc12. The van der Waals surface area contributed by atoms with E-state index in [9.17, 15) is 0 Å². The molecule has 0 saturated carbocycles. The molecule has 0 unspecified atom stereocenters. The van der Waals surface area contributed by atoms with Crippen molar-refractivity contribution in [3.05, 3.63) is 108 Å². The summed E-state index contributed by atoms with van der Waals surface area (Å²) in [6.45, 7) is 0. The van der Waals surface area contributed by atoms with Crippen molar-refractivity contribution in [2.45, 2.75) is 0 Å². The van der Waals surface area contributed by atoms with Gasteiger partial charge in [-0.2, -0.15) is 0 Å². The fourth-order valence-corrected chi connectivity index (χ4v) is 5.12. The number of benzene rings is 5. The molecule has 6 aromatic rings. The molecule has 0 fully saturated rings. The third kappa shape index (κ3) is 2.54. The van der Waals surface area contributed by atoms with Gasteiger partial charge in [0.05, 0.1) is 0 Å². The minimum atomic E-state index is 0.905. The van der Waals surface area contributed by atoms with Crippen LogP contribution >= 0.6 is 15.9 Å². The molecule has 0 radical (unpaired) electrons. The Hall–Kier alpha value is -3.36. The average Bonchev–Trinajstić information content (AvgIpc) is 3.19. The highest BCUT2D eigenvalue weighted by Gasteiger charge is 2.22. The quantitative estimate of drug-likeness (QED) is 0.241. The summed E-state index contributed by atoms with van der Waals surface area (Å²) in [5.41, 5.74) is 4.35. The number of hydrogen-bond acceptors (Lipinski definition) is 1. The Kier molecular flexibility index (Phi) is 4.00. The molecule has 0 atom stereocenters. The Bertz CT molecular complexity index is 1490. The molecule has 0 bridgehead atoms. The fraction of sp³-hybridized carbons (Fsp3) is 0. The molecule has 0 spiro atoms. The maximum Gasteiger partial charge on any atom is 0.143 e. The zero-order valence-corrected chi connectivity index (χ0v) is 17.7. The van der Waals surface area contributed by atoms with Crippen LogP contribution in [0.25, 0.3) is 55.0 Å². The molecule has 0 saturated heterocycles. The van der Waals surface area contributed by atoms with E-state index >= 15 is 0 Å². The van der Waals surface area contributed by atoms with Crippen molar-refractivity contribution in [2.75, 3.05) is 0 Å². The molecule has 0 aliphatic heterocycles. The van der Waals surface area contributed by atoms with E-state index in [2.05, 4.69) is 107 Å². The predicted molar refractivity (Wildman–Crippen MR) is 130 cm³/mol. The Balaban J connectivity index is 1.87. The highest BCUT2D eigenvalue weighted by Crippen LogP contribution is 2.48. The first kappa shape index (κ1) is 17.5. The van der Waals surface area contributed by atoms with E-state index in [1.54, 1.807) is 0 Å². The average molecular weight is 449 g/mol. The second kappa shape index (κ2) is 6.86. The topological polar surface area (TPSA) is 13.1 Å². The van der Waals surface area contributed by atoms with Crippen molar-refractivity contribution in [3.63, 3.8) is 0 Å². The van der Waals surface area contributed by atoms with Crippen LogP contribution in [0, 0.1) is 0 Å². The number of rotatable bonds is 2. The lowest BCUT2D eigenvalue weighted by Gasteiger charge is -2.15. The van der Waals surface area contributed by atoms with E-state index in [1.165, 1.54) is 27.1 Å². The Labute approximate surface area is 182 Å². The van der Waals surface area contributed by atoms with E-state index in [0.717, 1.165) is 32.3 Å². The maximum absolute atomic E-state index is 6.46. The van der Waals surface area contributed by atoms with Crippen LogP contribution in [-0.4, -0.2) is 0 Å². The minimum absolute atomic E-state index is 0.905. The second-order valence-corrected chi connectivity index (χ2v) is 8.24. The molecule has 1 nitrogen and oxygen atoms in total. The second-order valence-electron chi connectivity index (χ2n) is 7.45. The van der Waals surface area contributed by atoms with Crippen molar-refractivity contribution in [3.8, 4) is 22.5 Å². The minimum Gasteiger partial charge on any atom is -0.455 e. The highest BCUT2D eigenvalue weighted by atomic mass is 79.9. The molecule has 142 valence electrons. The normalized spacial score (nSPS) is 11.5. The first-order chi connectivity index (χ1) is 14.8. The third-order valence-electron chi connectivity index (χ3n) is 5.75. The summed E-state index contributed by atoms with van der Waals surface area (Å²) in [4.78, 5) is 0. The van der Waals surface area contributed by atoms with E-state index in [-0.39, 0.29) is 0 Å². The number of hydrogen-bond donors (Lipinski definition) is 0. The van der Waals surface area contributed by atoms with Crippen molar-refractivity contribution in [2.24, 2.45) is 0 Å². The molecule has 6 rings (SSSR count). The van der Waals surface area contributed by atoms with Crippen LogP contribution in [-0.2, 0) is 0 Å². The smallest absolute Gasteiger partial charge is 0.143 e. The van der Waals surface area contributed by atoms with Crippen LogP contribution in [0.3, 0.4) is 0 Å². The van der Waals surface area contributed by atoms with Crippen LogP contribution in [0.1, 0.15) is 0 Å². The molecule has 1 aromatic heterocycles. The van der Waals surface area contributed by atoms with Crippen molar-refractivity contribution in [1.29, 1.82) is 0 Å². The highest BCUT2D eigenvalue weighted by molar-refractivity contribution is 9.10. The van der Waals surface area contributed by atoms with Gasteiger partial charge in [0, 0.05) is 26.5 Å². The van der Waals surface area contributed by atoms with Crippen molar-refractivity contribution < 1.29 is 4.42 Å². The molecule has 0 aliphatic rings. The van der Waals surface area contributed by atoms with E-state index in [0.29, 0.717) is 0 Å². The molecule has 30 heavy (non-hydrogen) atoms. The van der Waals surface area contributed by atoms with Gasteiger partial charge >= 0.3 is 0 Å². The summed E-state index contributed by atoms with van der Waals surface area (Å²) in [6.07, 6.45) is 0. The first-order valence-electron chi connectivity index (χ1n) is 9.99. The van der Waals surface area contributed by atoms with Gasteiger partial charge in [-0.3, -0.25) is 0 Å². The summed E-state index contributed by atoms with van der Waals surface area (Å²) < 4.78 is 7.59. The summed E-state index contributed by atoms with van der Waals surface area (Å²) in [6, 6.07) is 35.9. The van der Waals surface area contributed by atoms with Crippen LogP contribution in [0.4, 0.5) is 0 Å². The van der Waals surface area contributed by atoms with Gasteiger partial charge in [-0.25, -0.2) is 0 Å². The molecule has 0 aliphatic carbocycles. The van der Waals surface area contributed by atoms with Gasteiger partial charge in [0.2, 0.25) is 0 Å². The molecular formula is C28H17BrO. The lowest BCUT2D eigenvalue weighted by molar-refractivity contribution is 0.632. The zero-order valence-electron chi connectivity index (χ0n) is 16.1. The van der Waals surface area contributed by atoms with Crippen molar-refractivity contribution in [1.82, 2.24) is 0 Å². The van der Waals surface area contributed by atoms with Gasteiger partial charge in [0.15, 0.2) is 0 Å². The third-order valence-corrected chi connectivity index (χ3v) is 6.60. The standard InChI is InChI=1S/C28H17BrO/c29-27-21-14-6-4-12-19(21)25(20-13-5-7-15-22(20)27)26-23-16-8-9-17-24(23)30-28(26)18-10-2-1-3-11-18/h1-17H. The summed E-state index contributed by atoms with van der Waals surface area (Å²) in [5, 5.41) is 5.97. The monoisotopic (exact) mass is 448 g/mol. The van der Waals surface area contributed by atoms with Gasteiger partial charge in [-0.15, -0.1) is 0 Å². The summed E-state index contributed by atoms with van der Waals surface area (Å²) in [5.74, 6) is 0.912. The van der Waals surface area contributed by atoms with Gasteiger partial charge in [-0.05, 0) is 43.5 Å². The Morgan fingerprint density at radius 1 is 0.467 bits per heavy atom. The van der Waals surface area contributed by atoms with Crippen LogP contribution < -0.4 is 0 Å². The van der Waals surface area contributed by atoms with Crippen LogP contribution in [0.15, 0.2) is 112 Å². The summed E-state index contributed by atoms with van der Waals surface area (Å²) in [7, 11) is 0. The summed E-state index contributed by atoms with van der Waals surface area (Å²) >= 11 is 3.87. The fourth-order valence-electron chi connectivity index (χ4n) is 4.43. The van der Waals surface area contributed by atoms with Crippen LogP contribution in [0.5, 0.6) is 0 Å². The zero-order chi connectivity index (χ0) is 20.1. The molecule has 0 amide bonds. The number of para-hydroxylation sites is 1. The largest absolute Gasteiger partial charge is 0.455 e. The maximum atomic E-state index is 6.46. The van der Waals surface area contributed by atoms with Gasteiger partial charge in [0.1, 0.15) is 11.3 Å². The lowest BCUT2D eigenvalue weighted by atomic mass is 9.89. The first-order valence-corrected chi connectivity index (χ1v) is 10.8. The molecule has 0 N–H and O–H groups in total. The van der Waals surface area contributed by atoms with Gasteiger partial charge < -0.3 is 4.42 Å². The Morgan fingerprint density at radius 3 is 1.60 bits per heavy atom. The number of halogens is 1. The van der Waals surface area contributed by atoms with E-state index in [1.807, 2.05) is 12.1 Å². The van der Waals surface area contributed by atoms with Crippen molar-refractivity contribution >= 4 is 48.4 Å². The number of fused-ring (bicyclic) bond motifs is 3. The van der Waals surface area contributed by atoms with E-state index in [4.69, 9.17) is 4.42 Å². The molecular weight excluding hydrogens is 432 g/mol. The van der Waals surface area contributed by atoms with Gasteiger partial charge in [-0.1, -0.05) is 97.1 Å².